The van der Waals surface area contributed by atoms with Gasteiger partial charge in [0.25, 0.3) is 5.91 Å². The fraction of sp³-hybridized carbons (Fsp3) is 0.129. The molecule has 208 valence electrons. The van der Waals surface area contributed by atoms with Crippen LogP contribution in [0.5, 0.6) is 5.75 Å². The van der Waals surface area contributed by atoms with Crippen LogP contribution in [0.25, 0.3) is 11.1 Å². The molecular weight excluding hydrogens is 544 g/mol. The van der Waals surface area contributed by atoms with Crippen LogP contribution in [0.1, 0.15) is 49.0 Å². The first kappa shape index (κ1) is 27.8. The number of fused-ring (bicyclic) bond motifs is 3. The second-order valence-corrected chi connectivity index (χ2v) is 11.3. The predicted octanol–water partition coefficient (Wildman–Crippen LogP) is 4.25. The molecule has 0 bridgehead atoms. The first-order valence-electron chi connectivity index (χ1n) is 12.6. The normalized spacial score (nSPS) is 12.8. The summed E-state index contributed by atoms with van der Waals surface area (Å²) in [5, 5.41) is 12.6. The van der Waals surface area contributed by atoms with E-state index < -0.39 is 27.9 Å². The average molecular weight is 571 g/mol. The number of methoxy groups -OCH3 is 1. The zero-order valence-electron chi connectivity index (χ0n) is 22.2. The Hall–Kier alpha value is -4.80. The molecule has 0 saturated heterocycles. The number of sulfonamides is 1. The van der Waals surface area contributed by atoms with Gasteiger partial charge in [0.05, 0.1) is 12.0 Å². The standard InChI is InChI=1S/C31H26N2O7S/c1-18-10-11-19(16-20(18)17-32-41(38,39)22-14-12-21(40-2)13-15-22)28(31(36)37)33-30(35)26-9-5-8-25-27(26)23-6-3-4-7-24(23)29(25)34/h3-16,28,32H,17H2,1-2H3,(H,33,35)(H,36,37). The van der Waals surface area contributed by atoms with Crippen molar-refractivity contribution in [1.29, 1.82) is 0 Å². The van der Waals surface area contributed by atoms with Gasteiger partial charge in [-0.2, -0.15) is 0 Å². The summed E-state index contributed by atoms with van der Waals surface area (Å²) in [6.45, 7) is 1.68. The molecule has 41 heavy (non-hydrogen) atoms. The van der Waals surface area contributed by atoms with Crippen LogP contribution in [-0.4, -0.2) is 38.3 Å². The quantitative estimate of drug-likeness (QED) is 0.241. The van der Waals surface area contributed by atoms with E-state index in [1.54, 1.807) is 67.6 Å². The summed E-state index contributed by atoms with van der Waals surface area (Å²) in [5.41, 5.74) is 3.67. The first-order chi connectivity index (χ1) is 19.6. The molecule has 9 nitrogen and oxygen atoms in total. The molecule has 1 aliphatic rings. The van der Waals surface area contributed by atoms with E-state index in [-0.39, 0.29) is 28.4 Å². The highest BCUT2D eigenvalue weighted by atomic mass is 32.2. The van der Waals surface area contributed by atoms with Crippen LogP contribution in [0.2, 0.25) is 0 Å². The minimum Gasteiger partial charge on any atom is -0.497 e. The van der Waals surface area contributed by atoms with E-state index in [9.17, 15) is 27.9 Å². The number of aryl methyl sites for hydroxylation is 1. The number of amides is 1. The maximum absolute atomic E-state index is 13.4. The molecule has 4 aromatic carbocycles. The Bertz CT molecular complexity index is 1800. The second-order valence-electron chi connectivity index (χ2n) is 9.53. The minimum absolute atomic E-state index is 0.0539. The SMILES string of the molecule is COc1ccc(S(=O)(=O)NCc2cc(C(NC(=O)c3cccc4c3-c3ccccc3C4=O)C(=O)O)ccc2C)cc1. The Kier molecular flexibility index (Phi) is 7.44. The van der Waals surface area contributed by atoms with Gasteiger partial charge in [-0.15, -0.1) is 0 Å². The molecule has 1 aliphatic carbocycles. The zero-order chi connectivity index (χ0) is 29.3. The van der Waals surface area contributed by atoms with Crippen LogP contribution in [0, 0.1) is 6.92 Å². The Labute approximate surface area is 236 Å². The predicted molar refractivity (Wildman–Crippen MR) is 151 cm³/mol. The minimum atomic E-state index is -3.86. The Balaban J connectivity index is 1.40. The summed E-state index contributed by atoms with van der Waals surface area (Å²) in [5.74, 6) is -1.62. The molecule has 0 radical (unpaired) electrons. The number of rotatable bonds is 9. The number of aliphatic carboxylic acids is 1. The fourth-order valence-electron chi connectivity index (χ4n) is 4.83. The molecule has 1 atom stereocenters. The molecule has 1 amide bonds. The Morgan fingerprint density at radius 2 is 1.59 bits per heavy atom. The van der Waals surface area contributed by atoms with E-state index in [1.165, 1.54) is 31.4 Å². The van der Waals surface area contributed by atoms with Crippen molar-refractivity contribution in [3.8, 4) is 16.9 Å². The largest absolute Gasteiger partial charge is 0.497 e. The topological polar surface area (TPSA) is 139 Å². The summed E-state index contributed by atoms with van der Waals surface area (Å²) >= 11 is 0. The number of ketones is 1. The highest BCUT2D eigenvalue weighted by Gasteiger charge is 2.32. The monoisotopic (exact) mass is 570 g/mol. The number of carboxylic acid groups (broad SMARTS) is 1. The molecule has 0 spiro atoms. The van der Waals surface area contributed by atoms with E-state index in [0.717, 1.165) is 5.56 Å². The first-order valence-corrected chi connectivity index (χ1v) is 14.1. The number of nitrogens with one attached hydrogen (secondary N) is 2. The van der Waals surface area contributed by atoms with Crippen LogP contribution < -0.4 is 14.8 Å². The molecule has 10 heteroatoms. The molecular formula is C31H26N2O7S. The molecule has 0 aromatic heterocycles. The van der Waals surface area contributed by atoms with Gasteiger partial charge in [-0.05, 0) is 59.5 Å². The molecule has 5 rings (SSSR count). The van der Waals surface area contributed by atoms with Gasteiger partial charge < -0.3 is 15.2 Å². The average Bonchev–Trinajstić information content (AvgIpc) is 3.27. The molecule has 4 aromatic rings. The highest BCUT2D eigenvalue weighted by molar-refractivity contribution is 7.89. The summed E-state index contributed by atoms with van der Waals surface area (Å²) in [7, 11) is -2.38. The third kappa shape index (κ3) is 5.34. The number of hydrogen-bond donors (Lipinski definition) is 3. The molecule has 0 heterocycles. The second kappa shape index (κ2) is 11.0. The lowest BCUT2D eigenvalue weighted by Crippen LogP contribution is -2.34. The van der Waals surface area contributed by atoms with Gasteiger partial charge in [-0.3, -0.25) is 9.59 Å². The van der Waals surface area contributed by atoms with Crippen molar-refractivity contribution in [3.05, 3.63) is 118 Å². The van der Waals surface area contributed by atoms with Crippen LogP contribution in [-0.2, 0) is 21.4 Å². The highest BCUT2D eigenvalue weighted by Crippen LogP contribution is 2.39. The van der Waals surface area contributed by atoms with Gasteiger partial charge >= 0.3 is 5.97 Å². The van der Waals surface area contributed by atoms with Crippen LogP contribution in [0.3, 0.4) is 0 Å². The Morgan fingerprint density at radius 3 is 2.27 bits per heavy atom. The summed E-state index contributed by atoms with van der Waals surface area (Å²) in [6, 6.07) is 21.0. The van der Waals surface area contributed by atoms with E-state index in [2.05, 4.69) is 10.0 Å². The van der Waals surface area contributed by atoms with Crippen molar-refractivity contribution < 1.29 is 32.6 Å². The van der Waals surface area contributed by atoms with Crippen molar-refractivity contribution in [2.24, 2.45) is 0 Å². The van der Waals surface area contributed by atoms with Gasteiger partial charge in [0, 0.05) is 28.8 Å². The number of hydrogen-bond acceptors (Lipinski definition) is 6. The maximum atomic E-state index is 13.4. The van der Waals surface area contributed by atoms with Gasteiger partial charge in [0.2, 0.25) is 10.0 Å². The lowest BCUT2D eigenvalue weighted by molar-refractivity contribution is -0.139. The third-order valence-corrected chi connectivity index (χ3v) is 8.46. The van der Waals surface area contributed by atoms with Gasteiger partial charge in [-0.25, -0.2) is 17.9 Å². The summed E-state index contributed by atoms with van der Waals surface area (Å²) in [4.78, 5) is 38.7. The lowest BCUT2D eigenvalue weighted by atomic mass is 9.97. The number of carboxylic acids is 1. The fourth-order valence-corrected chi connectivity index (χ4v) is 5.84. The van der Waals surface area contributed by atoms with E-state index >= 15 is 0 Å². The molecule has 0 saturated carbocycles. The van der Waals surface area contributed by atoms with E-state index in [0.29, 0.717) is 33.6 Å². The number of carbonyl (C=O) groups is 3. The third-order valence-electron chi connectivity index (χ3n) is 7.05. The maximum Gasteiger partial charge on any atom is 0.330 e. The van der Waals surface area contributed by atoms with Gasteiger partial charge in [-0.1, -0.05) is 54.6 Å². The molecule has 0 fully saturated rings. The van der Waals surface area contributed by atoms with Crippen molar-refractivity contribution in [2.75, 3.05) is 7.11 Å². The molecule has 0 aliphatic heterocycles. The summed E-state index contributed by atoms with van der Waals surface area (Å²) in [6.07, 6.45) is 0. The van der Waals surface area contributed by atoms with Gasteiger partial charge in [0.15, 0.2) is 11.8 Å². The van der Waals surface area contributed by atoms with Crippen LogP contribution >= 0.6 is 0 Å². The van der Waals surface area contributed by atoms with Crippen molar-refractivity contribution in [1.82, 2.24) is 10.0 Å². The van der Waals surface area contributed by atoms with E-state index in [4.69, 9.17) is 4.74 Å². The van der Waals surface area contributed by atoms with Crippen LogP contribution in [0.15, 0.2) is 89.8 Å². The van der Waals surface area contributed by atoms with E-state index in [1.807, 2.05) is 0 Å². The van der Waals surface area contributed by atoms with Gasteiger partial charge in [0.1, 0.15) is 5.75 Å². The molecule has 1 unspecified atom stereocenters. The smallest absolute Gasteiger partial charge is 0.330 e. The number of carbonyl (C=O) groups excluding carboxylic acids is 2. The van der Waals surface area contributed by atoms with Crippen LogP contribution in [0.4, 0.5) is 0 Å². The lowest BCUT2D eigenvalue weighted by Gasteiger charge is -2.18. The Morgan fingerprint density at radius 1 is 0.902 bits per heavy atom. The van der Waals surface area contributed by atoms with Crippen molar-refractivity contribution >= 4 is 27.7 Å². The van der Waals surface area contributed by atoms with Crippen molar-refractivity contribution in [2.45, 2.75) is 24.4 Å². The number of ether oxygens (including phenoxy) is 1. The van der Waals surface area contributed by atoms with Crippen molar-refractivity contribution in [3.63, 3.8) is 0 Å². The number of benzene rings is 4. The molecule has 3 N–H and O–H groups in total. The summed E-state index contributed by atoms with van der Waals surface area (Å²) < 4.78 is 33.3. The zero-order valence-corrected chi connectivity index (χ0v) is 23.0.